The first kappa shape index (κ1) is 13.8. The van der Waals surface area contributed by atoms with Crippen molar-refractivity contribution in [3.05, 3.63) is 52.8 Å². The molecule has 19 heavy (non-hydrogen) atoms. The summed E-state index contributed by atoms with van der Waals surface area (Å²) >= 11 is 3.08. The van der Waals surface area contributed by atoms with Gasteiger partial charge in [-0.3, -0.25) is 4.72 Å². The van der Waals surface area contributed by atoms with Gasteiger partial charge in [-0.15, -0.1) is 0 Å². The van der Waals surface area contributed by atoms with Crippen LogP contribution in [-0.4, -0.2) is 13.5 Å². The number of rotatable bonds is 3. The summed E-state index contributed by atoms with van der Waals surface area (Å²) < 4.78 is 39.4. The molecule has 0 bridgehead atoms. The third kappa shape index (κ3) is 3.05. The Morgan fingerprint density at radius 3 is 2.37 bits per heavy atom. The highest BCUT2D eigenvalue weighted by Crippen LogP contribution is 2.32. The van der Waals surface area contributed by atoms with E-state index in [0.29, 0.717) is 4.47 Å². The van der Waals surface area contributed by atoms with Gasteiger partial charge in [-0.25, -0.2) is 12.8 Å². The van der Waals surface area contributed by atoms with Crippen molar-refractivity contribution < 1.29 is 17.9 Å². The van der Waals surface area contributed by atoms with Crippen molar-refractivity contribution in [3.63, 3.8) is 0 Å². The van der Waals surface area contributed by atoms with Crippen molar-refractivity contribution in [2.75, 3.05) is 4.72 Å². The Labute approximate surface area is 118 Å². The molecule has 100 valence electrons. The lowest BCUT2D eigenvalue weighted by molar-refractivity contribution is 0.474. The second-order valence-corrected chi connectivity index (χ2v) is 6.23. The fourth-order valence-corrected chi connectivity index (χ4v) is 2.85. The van der Waals surface area contributed by atoms with Gasteiger partial charge in [0.2, 0.25) is 0 Å². The lowest BCUT2D eigenvalue weighted by atomic mass is 10.3. The van der Waals surface area contributed by atoms with E-state index in [-0.39, 0.29) is 16.3 Å². The largest absolute Gasteiger partial charge is 0.505 e. The van der Waals surface area contributed by atoms with Crippen LogP contribution in [0.25, 0.3) is 0 Å². The van der Waals surface area contributed by atoms with Gasteiger partial charge in [0.1, 0.15) is 5.82 Å². The van der Waals surface area contributed by atoms with Crippen LogP contribution in [0.1, 0.15) is 0 Å². The van der Waals surface area contributed by atoms with E-state index in [4.69, 9.17) is 0 Å². The van der Waals surface area contributed by atoms with Gasteiger partial charge in [-0.1, -0.05) is 6.07 Å². The summed E-state index contributed by atoms with van der Waals surface area (Å²) in [5.74, 6) is -0.738. The predicted molar refractivity (Wildman–Crippen MR) is 73.0 cm³/mol. The lowest BCUT2D eigenvalue weighted by Crippen LogP contribution is -2.13. The second-order valence-electron chi connectivity index (χ2n) is 3.70. The van der Waals surface area contributed by atoms with E-state index in [1.54, 1.807) is 12.1 Å². The molecular weight excluding hydrogens is 337 g/mol. The highest BCUT2D eigenvalue weighted by molar-refractivity contribution is 9.10. The van der Waals surface area contributed by atoms with Gasteiger partial charge in [-0.05, 0) is 52.3 Å². The number of para-hydroxylation sites is 1. The number of anilines is 1. The Morgan fingerprint density at radius 1 is 1.11 bits per heavy atom. The van der Waals surface area contributed by atoms with Crippen LogP contribution in [0, 0.1) is 5.82 Å². The number of phenolic OH excluding ortho intramolecular Hbond substituents is 1. The molecule has 0 heterocycles. The zero-order valence-electron chi connectivity index (χ0n) is 9.47. The monoisotopic (exact) mass is 345 g/mol. The van der Waals surface area contributed by atoms with Crippen molar-refractivity contribution in [3.8, 4) is 5.75 Å². The highest BCUT2D eigenvalue weighted by atomic mass is 79.9. The molecule has 0 fully saturated rings. The van der Waals surface area contributed by atoms with Crippen LogP contribution < -0.4 is 4.72 Å². The molecule has 0 radical (unpaired) electrons. The summed E-state index contributed by atoms with van der Waals surface area (Å²) in [6.07, 6.45) is 0. The third-order valence-electron chi connectivity index (χ3n) is 2.36. The molecule has 7 heteroatoms. The molecule has 2 rings (SSSR count). The van der Waals surface area contributed by atoms with Crippen molar-refractivity contribution in [2.45, 2.75) is 4.90 Å². The third-order valence-corrected chi connectivity index (χ3v) is 4.38. The molecule has 2 N–H and O–H groups in total. The number of sulfonamides is 1. The number of nitrogens with one attached hydrogen (secondary N) is 1. The molecule has 0 aromatic heterocycles. The van der Waals surface area contributed by atoms with E-state index in [2.05, 4.69) is 20.7 Å². The summed E-state index contributed by atoms with van der Waals surface area (Å²) in [7, 11) is -3.87. The average molecular weight is 346 g/mol. The van der Waals surface area contributed by atoms with Gasteiger partial charge in [0.15, 0.2) is 5.75 Å². The van der Waals surface area contributed by atoms with E-state index in [1.807, 2.05) is 0 Å². The van der Waals surface area contributed by atoms with Crippen molar-refractivity contribution in [2.24, 2.45) is 0 Å². The van der Waals surface area contributed by atoms with Crippen LogP contribution in [0.3, 0.4) is 0 Å². The molecule has 0 aliphatic heterocycles. The molecule has 0 atom stereocenters. The lowest BCUT2D eigenvalue weighted by Gasteiger charge is -2.10. The Morgan fingerprint density at radius 2 is 1.74 bits per heavy atom. The standard InChI is InChI=1S/C12H9BrFNO3S/c13-10-2-1-3-11(12(10)16)15-19(17,18)9-6-4-8(14)5-7-9/h1-7,15-16H. The summed E-state index contributed by atoms with van der Waals surface area (Å²) in [6.45, 7) is 0. The first-order valence-electron chi connectivity index (χ1n) is 5.16. The van der Waals surface area contributed by atoms with Crippen LogP contribution >= 0.6 is 15.9 Å². The number of phenols is 1. The quantitative estimate of drug-likeness (QED) is 0.840. The highest BCUT2D eigenvalue weighted by Gasteiger charge is 2.16. The molecular formula is C12H9BrFNO3S. The smallest absolute Gasteiger partial charge is 0.262 e. The van der Waals surface area contributed by atoms with Crippen LogP contribution in [-0.2, 0) is 10.0 Å². The molecule has 0 aliphatic rings. The average Bonchev–Trinajstić information content (AvgIpc) is 2.35. The van der Waals surface area contributed by atoms with Gasteiger partial charge >= 0.3 is 0 Å². The molecule has 2 aromatic carbocycles. The molecule has 0 spiro atoms. The zero-order valence-corrected chi connectivity index (χ0v) is 11.9. The minimum atomic E-state index is -3.87. The molecule has 0 unspecified atom stereocenters. The van der Waals surface area contributed by atoms with Crippen molar-refractivity contribution >= 4 is 31.6 Å². The Hall–Kier alpha value is -1.60. The number of hydrogen-bond acceptors (Lipinski definition) is 3. The SMILES string of the molecule is O=S(=O)(Nc1cccc(Br)c1O)c1ccc(F)cc1. The molecule has 0 saturated heterocycles. The van der Waals surface area contributed by atoms with Crippen LogP contribution in [0.2, 0.25) is 0 Å². The van der Waals surface area contributed by atoms with E-state index in [9.17, 15) is 17.9 Å². The van der Waals surface area contributed by atoms with Gasteiger partial charge < -0.3 is 5.11 Å². The minimum Gasteiger partial charge on any atom is -0.505 e. The molecule has 0 amide bonds. The van der Waals surface area contributed by atoms with Crippen LogP contribution in [0.4, 0.5) is 10.1 Å². The van der Waals surface area contributed by atoms with Crippen molar-refractivity contribution in [1.82, 2.24) is 0 Å². The second kappa shape index (κ2) is 5.18. The molecule has 4 nitrogen and oxygen atoms in total. The van der Waals surface area contributed by atoms with Crippen molar-refractivity contribution in [1.29, 1.82) is 0 Å². The number of hydrogen-bond donors (Lipinski definition) is 2. The van der Waals surface area contributed by atoms with Gasteiger partial charge in [0.05, 0.1) is 15.1 Å². The summed E-state index contributed by atoms with van der Waals surface area (Å²) in [6, 6.07) is 8.96. The summed E-state index contributed by atoms with van der Waals surface area (Å²) in [5, 5.41) is 9.72. The van der Waals surface area contributed by atoms with E-state index < -0.39 is 15.8 Å². The van der Waals surface area contributed by atoms with E-state index in [1.165, 1.54) is 6.07 Å². The first-order chi connectivity index (χ1) is 8.90. The maximum atomic E-state index is 12.8. The minimum absolute atomic E-state index is 0.0405. The molecule has 0 aliphatic carbocycles. The van der Waals surface area contributed by atoms with E-state index >= 15 is 0 Å². The normalized spacial score (nSPS) is 11.3. The fraction of sp³-hybridized carbons (Fsp3) is 0. The number of aromatic hydroxyl groups is 1. The number of benzene rings is 2. The van der Waals surface area contributed by atoms with Crippen LogP contribution in [0.5, 0.6) is 5.75 Å². The Kier molecular flexibility index (Phi) is 3.77. The topological polar surface area (TPSA) is 66.4 Å². The molecule has 2 aromatic rings. The van der Waals surface area contributed by atoms with Crippen LogP contribution in [0.15, 0.2) is 51.8 Å². The van der Waals surface area contributed by atoms with E-state index in [0.717, 1.165) is 24.3 Å². The fourth-order valence-electron chi connectivity index (χ4n) is 1.42. The zero-order chi connectivity index (χ0) is 14.0. The maximum Gasteiger partial charge on any atom is 0.262 e. The van der Waals surface area contributed by atoms with Gasteiger partial charge in [0, 0.05) is 0 Å². The maximum absolute atomic E-state index is 12.8. The Bertz CT molecular complexity index is 701. The first-order valence-corrected chi connectivity index (χ1v) is 7.43. The van der Waals surface area contributed by atoms with Gasteiger partial charge in [-0.2, -0.15) is 0 Å². The predicted octanol–water partition coefficient (Wildman–Crippen LogP) is 3.09. The van der Waals surface area contributed by atoms with Gasteiger partial charge in [0.25, 0.3) is 10.0 Å². The number of halogens is 2. The summed E-state index contributed by atoms with van der Waals surface area (Å²) in [5.41, 5.74) is 0.0405. The molecule has 0 saturated carbocycles. The summed E-state index contributed by atoms with van der Waals surface area (Å²) in [4.78, 5) is -0.0896. The Balaban J connectivity index is 2.36.